The minimum absolute atomic E-state index is 0.00577. The zero-order valence-corrected chi connectivity index (χ0v) is 26.9. The lowest BCUT2D eigenvalue weighted by molar-refractivity contribution is 0.0694. The molecule has 2 aromatic heterocycles. The molecule has 19 heteroatoms. The van der Waals surface area contributed by atoms with Crippen LogP contribution >= 0.6 is 15.0 Å². The van der Waals surface area contributed by atoms with Gasteiger partial charge in [-0.3, -0.25) is 13.9 Å². The van der Waals surface area contributed by atoms with Gasteiger partial charge in [-0.25, -0.2) is 19.0 Å². The van der Waals surface area contributed by atoms with E-state index in [1.165, 1.54) is 37.6 Å². The van der Waals surface area contributed by atoms with Crippen molar-refractivity contribution in [1.82, 2.24) is 14.9 Å². The smallest absolute Gasteiger partial charge is 0.412 e. The standard InChI is InChI=1S/C28H32FN5O11P2/c1-44-32-22-14-33(26-21(29)10-19-24(35)20(27(36)37)13-34(17-5-6-17)25(19)31-26)12-16(22)11-30-28(38)45-18-7-3-15(4-8-18)9-23(46(2,39)40)47(41,42)43/h3-4,7-8,10,13,16-17,23H,5-6,9,11-12,14H2,1-2H3,(H,30,38)(H,36,37)(H,39,40)(H2,41,42,43)/b32-22-. The first-order valence-corrected chi connectivity index (χ1v) is 18.2. The van der Waals surface area contributed by atoms with Gasteiger partial charge in [-0.05, 0) is 43.0 Å². The Labute approximate surface area is 266 Å². The molecule has 3 aromatic rings. The highest BCUT2D eigenvalue weighted by atomic mass is 31.2. The normalized spacial score (nSPS) is 19.4. The SMILES string of the molecule is CO/N=C1/CN(c2nc3c(cc2F)c(=O)c(C(=O)O)cn3C2CC2)CC1CNC(=O)Oc1ccc(CC(P(C)(=O)O)P(=O)(O)O)cc1. The van der Waals surface area contributed by atoms with Crippen LogP contribution < -0.4 is 20.4 Å². The van der Waals surface area contributed by atoms with Crippen molar-refractivity contribution >= 4 is 49.6 Å². The highest BCUT2D eigenvalue weighted by Crippen LogP contribution is 2.61. The van der Waals surface area contributed by atoms with Crippen molar-refractivity contribution in [3.05, 3.63) is 63.7 Å². The van der Waals surface area contributed by atoms with Gasteiger partial charge in [-0.15, -0.1) is 0 Å². The number of halogens is 1. The Morgan fingerprint density at radius 3 is 2.45 bits per heavy atom. The molecule has 252 valence electrons. The fourth-order valence-corrected chi connectivity index (χ4v) is 8.62. The van der Waals surface area contributed by atoms with Crippen LogP contribution in [-0.4, -0.2) is 85.9 Å². The molecule has 1 aliphatic heterocycles. The lowest BCUT2D eigenvalue weighted by Crippen LogP contribution is -2.35. The molecular weight excluding hydrogens is 663 g/mol. The minimum Gasteiger partial charge on any atom is -0.477 e. The van der Waals surface area contributed by atoms with E-state index in [0.29, 0.717) is 11.3 Å². The van der Waals surface area contributed by atoms with E-state index < -0.39 is 55.2 Å². The van der Waals surface area contributed by atoms with Crippen LogP contribution in [0.5, 0.6) is 5.75 Å². The molecule has 1 amide bonds. The number of aromatic nitrogens is 2. The number of fused-ring (bicyclic) bond motifs is 1. The van der Waals surface area contributed by atoms with Crippen LogP contribution in [0.2, 0.25) is 0 Å². The number of carboxylic acids is 1. The molecule has 1 aliphatic carbocycles. The number of carbonyl (C=O) groups excluding carboxylic acids is 1. The summed E-state index contributed by atoms with van der Waals surface area (Å²) in [6, 6.07) is 6.49. The Hall–Kier alpha value is -4.14. The Morgan fingerprint density at radius 2 is 1.87 bits per heavy atom. The molecule has 3 heterocycles. The summed E-state index contributed by atoms with van der Waals surface area (Å²) in [5, 5.41) is 14.2. The van der Waals surface area contributed by atoms with E-state index in [1.807, 2.05) is 0 Å². The maximum Gasteiger partial charge on any atom is 0.412 e. The lowest BCUT2D eigenvalue weighted by atomic mass is 10.1. The average molecular weight is 696 g/mol. The third-order valence-electron chi connectivity index (χ3n) is 7.87. The zero-order chi connectivity index (χ0) is 34.3. The number of rotatable bonds is 11. The number of aromatic carboxylic acids is 1. The molecule has 0 radical (unpaired) electrons. The summed E-state index contributed by atoms with van der Waals surface area (Å²) in [5.74, 6) is -2.69. The summed E-state index contributed by atoms with van der Waals surface area (Å²) >= 11 is 0. The van der Waals surface area contributed by atoms with E-state index in [0.717, 1.165) is 25.6 Å². The van der Waals surface area contributed by atoms with E-state index in [-0.39, 0.29) is 54.7 Å². The number of pyridine rings is 2. The number of carbonyl (C=O) groups is 2. The van der Waals surface area contributed by atoms with Crippen LogP contribution in [0.25, 0.3) is 11.0 Å². The van der Waals surface area contributed by atoms with Gasteiger partial charge < -0.3 is 44.1 Å². The number of benzene rings is 1. The highest BCUT2D eigenvalue weighted by molar-refractivity contribution is 7.73. The first-order chi connectivity index (χ1) is 22.1. The van der Waals surface area contributed by atoms with E-state index in [9.17, 15) is 43.3 Å². The molecule has 1 saturated heterocycles. The quantitative estimate of drug-likeness (QED) is 0.144. The number of hydrogen-bond acceptors (Lipinski definition) is 10. The summed E-state index contributed by atoms with van der Waals surface area (Å²) in [6.07, 6.45) is 1.56. The van der Waals surface area contributed by atoms with Crippen molar-refractivity contribution in [3.8, 4) is 5.75 Å². The number of nitrogens with zero attached hydrogens (tertiary/aromatic N) is 4. The van der Waals surface area contributed by atoms with Crippen molar-refractivity contribution in [2.24, 2.45) is 11.1 Å². The second-order valence-corrected chi connectivity index (χ2v) is 16.2. The van der Waals surface area contributed by atoms with Gasteiger partial charge in [0.25, 0.3) is 0 Å². The molecule has 3 unspecified atom stereocenters. The first kappa shape index (κ1) is 34.2. The molecule has 0 spiro atoms. The number of oxime groups is 1. The number of nitrogens with one attached hydrogen (secondary N) is 1. The van der Waals surface area contributed by atoms with Gasteiger partial charge in [0.15, 0.2) is 11.6 Å². The summed E-state index contributed by atoms with van der Waals surface area (Å²) in [4.78, 5) is 76.7. The molecule has 0 bridgehead atoms. The summed E-state index contributed by atoms with van der Waals surface area (Å²) in [6.45, 7) is 1.12. The van der Waals surface area contributed by atoms with Crippen LogP contribution in [0, 0.1) is 11.7 Å². The lowest BCUT2D eigenvalue weighted by Gasteiger charge is -2.21. The number of carboxylic acid groups (broad SMARTS) is 1. The van der Waals surface area contributed by atoms with Crippen LogP contribution in [-0.2, 0) is 20.4 Å². The maximum absolute atomic E-state index is 15.4. The molecular formula is C28H32FN5O11P2. The number of hydrogen-bond donors (Lipinski definition) is 5. The third-order valence-corrected chi connectivity index (χ3v) is 12.3. The second kappa shape index (κ2) is 13.2. The molecule has 47 heavy (non-hydrogen) atoms. The number of amides is 1. The Morgan fingerprint density at radius 1 is 1.19 bits per heavy atom. The van der Waals surface area contributed by atoms with Gasteiger partial charge in [0.1, 0.15) is 29.5 Å². The van der Waals surface area contributed by atoms with Crippen molar-refractivity contribution in [2.45, 2.75) is 30.7 Å². The van der Waals surface area contributed by atoms with Crippen molar-refractivity contribution in [2.75, 3.05) is 38.3 Å². The molecule has 3 atom stereocenters. The highest BCUT2D eigenvalue weighted by Gasteiger charge is 2.40. The largest absolute Gasteiger partial charge is 0.477 e. The monoisotopic (exact) mass is 695 g/mol. The maximum atomic E-state index is 15.4. The van der Waals surface area contributed by atoms with Gasteiger partial charge in [0.05, 0.1) is 17.6 Å². The van der Waals surface area contributed by atoms with Crippen LogP contribution in [0.1, 0.15) is 34.8 Å². The third kappa shape index (κ3) is 7.71. The van der Waals surface area contributed by atoms with Gasteiger partial charge in [0.2, 0.25) is 12.8 Å². The van der Waals surface area contributed by atoms with Crippen molar-refractivity contribution in [1.29, 1.82) is 0 Å². The van der Waals surface area contributed by atoms with Crippen LogP contribution in [0.3, 0.4) is 0 Å². The molecule has 2 fully saturated rings. The van der Waals surface area contributed by atoms with E-state index in [2.05, 4.69) is 15.5 Å². The van der Waals surface area contributed by atoms with Gasteiger partial charge >= 0.3 is 19.7 Å². The number of anilines is 1. The van der Waals surface area contributed by atoms with E-state index in [4.69, 9.17) is 9.57 Å². The van der Waals surface area contributed by atoms with Crippen LogP contribution in [0.15, 0.2) is 46.5 Å². The Bertz CT molecular complexity index is 1880. The second-order valence-electron chi connectivity index (χ2n) is 11.5. The van der Waals surface area contributed by atoms with Gasteiger partial charge in [0, 0.05) is 37.9 Å². The molecule has 1 saturated carbocycles. The number of ether oxygens (including phenoxy) is 1. The summed E-state index contributed by atoms with van der Waals surface area (Å²) in [7, 11) is -7.64. The van der Waals surface area contributed by atoms with Crippen molar-refractivity contribution < 1.29 is 52.5 Å². The molecule has 5 N–H and O–H groups in total. The zero-order valence-electron chi connectivity index (χ0n) is 25.1. The van der Waals surface area contributed by atoms with E-state index in [1.54, 1.807) is 9.47 Å². The molecule has 16 nitrogen and oxygen atoms in total. The Balaban J connectivity index is 1.27. The Kier molecular flexibility index (Phi) is 9.58. The fourth-order valence-electron chi connectivity index (χ4n) is 5.39. The van der Waals surface area contributed by atoms with Crippen LogP contribution in [0.4, 0.5) is 15.0 Å². The van der Waals surface area contributed by atoms with Gasteiger partial charge in [-0.2, -0.15) is 0 Å². The fraction of sp³-hybridized carbons (Fsp3) is 0.393. The average Bonchev–Trinajstić information content (AvgIpc) is 3.75. The predicted molar refractivity (Wildman–Crippen MR) is 167 cm³/mol. The first-order valence-electron chi connectivity index (χ1n) is 14.3. The minimum atomic E-state index is -4.86. The molecule has 5 rings (SSSR count). The van der Waals surface area contributed by atoms with Crippen molar-refractivity contribution in [3.63, 3.8) is 0 Å². The molecule has 2 aliphatic rings. The molecule has 1 aromatic carbocycles. The summed E-state index contributed by atoms with van der Waals surface area (Å²) in [5.41, 5.74) is -0.317. The van der Waals surface area contributed by atoms with E-state index >= 15 is 4.39 Å². The topological polar surface area (TPSA) is 230 Å². The summed E-state index contributed by atoms with van der Waals surface area (Å²) < 4.78 is 46.0. The predicted octanol–water partition coefficient (Wildman–Crippen LogP) is 2.74. The van der Waals surface area contributed by atoms with Gasteiger partial charge in [-0.1, -0.05) is 17.3 Å².